The minimum atomic E-state index is 0.0990. The molecule has 0 radical (unpaired) electrons. The molecule has 0 aliphatic rings. The summed E-state index contributed by atoms with van der Waals surface area (Å²) in [7, 11) is 0. The average molecular weight is 446 g/mol. The van der Waals surface area contributed by atoms with Crippen molar-refractivity contribution in [3.63, 3.8) is 0 Å². The Morgan fingerprint density at radius 1 is 0.969 bits per heavy atom. The molecule has 4 rings (SSSR count). The van der Waals surface area contributed by atoms with Crippen molar-refractivity contribution in [2.45, 2.75) is 34.1 Å². The third kappa shape index (κ3) is 4.69. The van der Waals surface area contributed by atoms with Gasteiger partial charge in [-0.25, -0.2) is 4.98 Å². The van der Waals surface area contributed by atoms with E-state index in [0.717, 1.165) is 51.5 Å². The maximum absolute atomic E-state index is 13.6. The summed E-state index contributed by atoms with van der Waals surface area (Å²) < 4.78 is 1.14. The van der Waals surface area contributed by atoms with Crippen LogP contribution in [0.5, 0.6) is 0 Å². The van der Waals surface area contributed by atoms with Crippen LogP contribution in [-0.4, -0.2) is 42.0 Å². The molecule has 3 aromatic carbocycles. The number of likely N-dealkylation sites (N-methyl/N-ethyl adjacent to an activating group) is 1. The van der Waals surface area contributed by atoms with Gasteiger partial charge in [-0.15, -0.1) is 0 Å². The Labute approximate surface area is 194 Å². The molecule has 0 aliphatic heterocycles. The fourth-order valence-electron chi connectivity index (χ4n) is 4.29. The lowest BCUT2D eigenvalue weighted by atomic mass is 10.0. The lowest BCUT2D eigenvalue weighted by Gasteiger charge is -2.25. The van der Waals surface area contributed by atoms with Gasteiger partial charge < -0.3 is 4.90 Å². The van der Waals surface area contributed by atoms with Crippen molar-refractivity contribution < 1.29 is 4.79 Å². The van der Waals surface area contributed by atoms with Gasteiger partial charge in [-0.3, -0.25) is 9.69 Å². The first-order valence-electron chi connectivity index (χ1n) is 11.4. The third-order valence-corrected chi connectivity index (χ3v) is 7.13. The molecule has 5 heteroatoms. The zero-order chi connectivity index (χ0) is 22.7. The highest BCUT2D eigenvalue weighted by Crippen LogP contribution is 2.32. The number of aryl methyl sites for hydroxylation is 2. The molecular weight excluding hydrogens is 414 g/mol. The van der Waals surface area contributed by atoms with Crippen LogP contribution in [0, 0.1) is 13.8 Å². The molecule has 1 heterocycles. The number of hydrogen-bond acceptors (Lipinski definition) is 4. The minimum Gasteiger partial charge on any atom is -0.302 e. The summed E-state index contributed by atoms with van der Waals surface area (Å²) in [6.07, 6.45) is 0.369. The highest BCUT2D eigenvalue weighted by molar-refractivity contribution is 7.22. The second-order valence-electron chi connectivity index (χ2n) is 8.31. The van der Waals surface area contributed by atoms with Gasteiger partial charge in [-0.05, 0) is 60.5 Å². The minimum absolute atomic E-state index is 0.0990. The monoisotopic (exact) mass is 445 g/mol. The van der Waals surface area contributed by atoms with Gasteiger partial charge >= 0.3 is 0 Å². The van der Waals surface area contributed by atoms with Gasteiger partial charge in [0.1, 0.15) is 0 Å². The first kappa shape index (κ1) is 22.4. The average Bonchev–Trinajstić information content (AvgIpc) is 3.21. The molecule has 0 N–H and O–H groups in total. The van der Waals surface area contributed by atoms with Crippen LogP contribution in [0.4, 0.5) is 5.13 Å². The van der Waals surface area contributed by atoms with Gasteiger partial charge in [0.25, 0.3) is 0 Å². The van der Waals surface area contributed by atoms with Crippen LogP contribution in [0.1, 0.15) is 30.5 Å². The first-order chi connectivity index (χ1) is 15.5. The maximum Gasteiger partial charge on any atom is 0.233 e. The number of carbonyl (C=O) groups excluding carboxylic acids is 1. The number of aromatic nitrogens is 1. The van der Waals surface area contributed by atoms with Gasteiger partial charge in [0, 0.05) is 13.1 Å². The Bertz CT molecular complexity index is 1240. The van der Waals surface area contributed by atoms with Gasteiger partial charge in [0.2, 0.25) is 5.91 Å². The zero-order valence-corrected chi connectivity index (χ0v) is 20.2. The molecule has 4 aromatic rings. The maximum atomic E-state index is 13.6. The Morgan fingerprint density at radius 2 is 1.72 bits per heavy atom. The number of thiazole rings is 1. The van der Waals surface area contributed by atoms with E-state index in [9.17, 15) is 4.79 Å². The van der Waals surface area contributed by atoms with E-state index in [-0.39, 0.29) is 5.91 Å². The van der Waals surface area contributed by atoms with Gasteiger partial charge in [0.05, 0.1) is 16.6 Å². The van der Waals surface area contributed by atoms with Crippen molar-refractivity contribution in [1.82, 2.24) is 9.88 Å². The molecule has 0 saturated carbocycles. The number of hydrogen-bond donors (Lipinski definition) is 0. The van der Waals surface area contributed by atoms with Crippen molar-refractivity contribution >= 4 is 43.4 Å². The standard InChI is InChI=1S/C27H31N3OS/c1-5-29(6-2)14-15-30(27-28-26-20(4)16-19(3)17-24(26)32-27)25(31)18-22-12-9-11-21-10-7-8-13-23(21)22/h7-13,16-17H,5-6,14-15,18H2,1-4H3. The molecule has 0 bridgehead atoms. The number of nitrogens with zero attached hydrogens (tertiary/aromatic N) is 3. The number of amides is 1. The Hall–Kier alpha value is -2.76. The number of carbonyl (C=O) groups is 1. The van der Waals surface area contributed by atoms with Crippen LogP contribution in [0.25, 0.3) is 21.0 Å². The molecule has 0 aliphatic carbocycles. The summed E-state index contributed by atoms with van der Waals surface area (Å²) in [6, 6.07) is 18.8. The smallest absolute Gasteiger partial charge is 0.233 e. The molecule has 0 spiro atoms. The van der Waals surface area contributed by atoms with E-state index in [1.165, 1.54) is 10.9 Å². The van der Waals surface area contributed by atoms with Crippen molar-refractivity contribution in [2.24, 2.45) is 0 Å². The Morgan fingerprint density at radius 3 is 2.50 bits per heavy atom. The third-order valence-electron chi connectivity index (χ3n) is 6.11. The van der Waals surface area contributed by atoms with E-state index >= 15 is 0 Å². The van der Waals surface area contributed by atoms with E-state index in [1.54, 1.807) is 11.3 Å². The predicted octanol–water partition coefficient (Wildman–Crippen LogP) is 5.98. The SMILES string of the molecule is CCN(CC)CCN(C(=O)Cc1cccc2ccccc12)c1nc2c(C)cc(C)cc2s1. The lowest BCUT2D eigenvalue weighted by molar-refractivity contribution is -0.118. The summed E-state index contributed by atoms with van der Waals surface area (Å²) in [6.45, 7) is 11.9. The second kappa shape index (κ2) is 9.80. The largest absolute Gasteiger partial charge is 0.302 e. The van der Waals surface area contributed by atoms with Gasteiger partial charge in [-0.2, -0.15) is 0 Å². The van der Waals surface area contributed by atoms with Crippen molar-refractivity contribution in [1.29, 1.82) is 0 Å². The molecule has 4 nitrogen and oxygen atoms in total. The van der Waals surface area contributed by atoms with Crippen molar-refractivity contribution in [2.75, 3.05) is 31.1 Å². The quantitative estimate of drug-likeness (QED) is 0.334. The van der Waals surface area contributed by atoms with Crippen molar-refractivity contribution in [3.05, 3.63) is 71.3 Å². The number of rotatable bonds is 8. The summed E-state index contributed by atoms with van der Waals surface area (Å²) in [5.74, 6) is 0.0990. The van der Waals surface area contributed by atoms with Crippen LogP contribution < -0.4 is 4.90 Å². The molecular formula is C27H31N3OS. The Balaban J connectivity index is 1.68. The van der Waals surface area contributed by atoms with E-state index in [0.29, 0.717) is 13.0 Å². The van der Waals surface area contributed by atoms with E-state index < -0.39 is 0 Å². The molecule has 1 amide bonds. The van der Waals surface area contributed by atoms with Crippen LogP contribution >= 0.6 is 11.3 Å². The summed E-state index contributed by atoms with van der Waals surface area (Å²) in [5, 5.41) is 3.10. The highest BCUT2D eigenvalue weighted by Gasteiger charge is 2.22. The number of benzene rings is 3. The van der Waals surface area contributed by atoms with Crippen LogP contribution in [0.2, 0.25) is 0 Å². The van der Waals surface area contributed by atoms with Gasteiger partial charge in [-0.1, -0.05) is 73.7 Å². The number of fused-ring (bicyclic) bond motifs is 2. The predicted molar refractivity (Wildman–Crippen MR) is 137 cm³/mol. The molecule has 32 heavy (non-hydrogen) atoms. The summed E-state index contributed by atoms with van der Waals surface area (Å²) in [4.78, 5) is 22.8. The summed E-state index contributed by atoms with van der Waals surface area (Å²) >= 11 is 1.62. The molecule has 0 atom stereocenters. The fourth-order valence-corrected chi connectivity index (χ4v) is 5.47. The summed E-state index contributed by atoms with van der Waals surface area (Å²) in [5.41, 5.74) is 4.45. The van der Waals surface area contributed by atoms with Crippen molar-refractivity contribution in [3.8, 4) is 0 Å². The molecule has 0 unspecified atom stereocenters. The van der Waals surface area contributed by atoms with E-state index in [2.05, 4.69) is 69.0 Å². The molecule has 0 saturated heterocycles. The van der Waals surface area contributed by atoms with Crippen LogP contribution in [0.3, 0.4) is 0 Å². The fraction of sp³-hybridized carbons (Fsp3) is 0.333. The van der Waals surface area contributed by atoms with E-state index in [4.69, 9.17) is 4.98 Å². The molecule has 1 aromatic heterocycles. The van der Waals surface area contributed by atoms with E-state index in [1.807, 2.05) is 23.1 Å². The number of anilines is 1. The van der Waals surface area contributed by atoms with Crippen LogP contribution in [-0.2, 0) is 11.2 Å². The zero-order valence-electron chi connectivity index (χ0n) is 19.4. The second-order valence-corrected chi connectivity index (χ2v) is 9.32. The lowest BCUT2D eigenvalue weighted by Crippen LogP contribution is -2.39. The normalized spacial score (nSPS) is 11.5. The van der Waals surface area contributed by atoms with Crippen LogP contribution in [0.15, 0.2) is 54.6 Å². The highest BCUT2D eigenvalue weighted by atomic mass is 32.1. The molecule has 166 valence electrons. The Kier molecular flexibility index (Phi) is 6.87. The first-order valence-corrected chi connectivity index (χ1v) is 12.2. The van der Waals surface area contributed by atoms with Gasteiger partial charge in [0.15, 0.2) is 5.13 Å². The topological polar surface area (TPSA) is 36.4 Å². The molecule has 0 fully saturated rings.